The van der Waals surface area contributed by atoms with Crippen molar-refractivity contribution in [3.63, 3.8) is 0 Å². The molecule has 160 valence electrons. The van der Waals surface area contributed by atoms with Crippen LogP contribution in [-0.4, -0.2) is 79.8 Å². The van der Waals surface area contributed by atoms with Crippen LogP contribution in [0.1, 0.15) is 25.7 Å². The molecule has 0 aromatic heterocycles. The number of β-amino-alcohol motifs (C(OH)–C–C–N with tert-alkyl or cyclic N) is 1. The topological polar surface area (TPSA) is 69.9 Å². The molecule has 1 aromatic rings. The zero-order chi connectivity index (χ0) is 20.5. The fraction of sp³-hybridized carbons (Fsp3) is 0.565. The predicted octanol–water partition coefficient (Wildman–Crippen LogP) is 0.705. The smallest absolute Gasteiger partial charge is 0.163 e. The van der Waals surface area contributed by atoms with E-state index < -0.39 is 0 Å². The summed E-state index contributed by atoms with van der Waals surface area (Å²) in [6, 6.07) is 4.03. The van der Waals surface area contributed by atoms with E-state index in [9.17, 15) is 5.11 Å². The van der Waals surface area contributed by atoms with Gasteiger partial charge >= 0.3 is 0 Å². The Morgan fingerprint density at radius 2 is 2.03 bits per heavy atom. The molecular weight excluding hydrogens is 380 g/mol. The molecule has 5 rings (SSSR count). The van der Waals surface area contributed by atoms with Gasteiger partial charge in [-0.1, -0.05) is 0 Å². The summed E-state index contributed by atoms with van der Waals surface area (Å²) in [6.45, 7) is 5.66. The molecule has 0 spiro atoms. The number of aliphatic hydroxyl groups is 1. The Morgan fingerprint density at radius 1 is 1.17 bits per heavy atom. The third kappa shape index (κ3) is 3.77. The molecule has 0 aliphatic carbocycles. The van der Waals surface area contributed by atoms with Crippen LogP contribution in [0.2, 0.25) is 0 Å². The summed E-state index contributed by atoms with van der Waals surface area (Å²) in [6.07, 6.45) is 7.83. The highest BCUT2D eigenvalue weighted by Gasteiger charge is 2.33. The number of methoxy groups -OCH3 is 1. The average molecular weight is 411 g/mol. The third-order valence-corrected chi connectivity index (χ3v) is 6.42. The number of hydrogen-bond acceptors (Lipinski definition) is 7. The molecule has 7 heteroatoms. The number of aliphatic hydroxyl groups excluding tert-OH is 1. The molecule has 4 heterocycles. The SMILES string of the molecule is COc1cc2c(cc1OCCCN1CCCC1)=NC1=CC=NC(N3CC[C@@H](O)C3)C=21. The van der Waals surface area contributed by atoms with Gasteiger partial charge in [0.2, 0.25) is 0 Å². The lowest BCUT2D eigenvalue weighted by atomic mass is 10.0. The average Bonchev–Trinajstić information content (AvgIpc) is 3.49. The number of hydrogen-bond donors (Lipinski definition) is 1. The second-order valence-electron chi connectivity index (χ2n) is 8.46. The molecular formula is C23H30N4O3. The minimum Gasteiger partial charge on any atom is -0.493 e. The summed E-state index contributed by atoms with van der Waals surface area (Å²) >= 11 is 0. The lowest BCUT2D eigenvalue weighted by Crippen LogP contribution is -2.38. The van der Waals surface area contributed by atoms with Crippen molar-refractivity contribution in [3.8, 4) is 11.5 Å². The molecule has 2 atom stereocenters. The van der Waals surface area contributed by atoms with E-state index in [1.807, 2.05) is 24.4 Å². The van der Waals surface area contributed by atoms with Crippen LogP contribution >= 0.6 is 0 Å². The number of likely N-dealkylation sites (tertiary alicyclic amines) is 2. The summed E-state index contributed by atoms with van der Waals surface area (Å²) < 4.78 is 11.7. The fourth-order valence-electron chi connectivity index (χ4n) is 4.87. The van der Waals surface area contributed by atoms with Crippen molar-refractivity contribution >= 4 is 11.8 Å². The lowest BCUT2D eigenvalue weighted by Gasteiger charge is -2.27. The number of allylic oxidation sites excluding steroid dienone is 1. The van der Waals surface area contributed by atoms with E-state index in [0.29, 0.717) is 13.2 Å². The van der Waals surface area contributed by atoms with Crippen LogP contribution in [0.25, 0.3) is 5.57 Å². The Bertz CT molecular complexity index is 981. The van der Waals surface area contributed by atoms with Gasteiger partial charge in [0.1, 0.15) is 6.17 Å². The number of aliphatic imine (C=N–C) groups is 1. The molecule has 1 unspecified atom stereocenters. The summed E-state index contributed by atoms with van der Waals surface area (Å²) in [7, 11) is 1.68. The van der Waals surface area contributed by atoms with Crippen molar-refractivity contribution in [3.05, 3.63) is 34.5 Å². The van der Waals surface area contributed by atoms with Crippen LogP contribution < -0.4 is 20.0 Å². The highest BCUT2D eigenvalue weighted by molar-refractivity contribution is 5.86. The molecule has 30 heavy (non-hydrogen) atoms. The van der Waals surface area contributed by atoms with Gasteiger partial charge in [0, 0.05) is 42.7 Å². The van der Waals surface area contributed by atoms with Crippen LogP contribution in [0.3, 0.4) is 0 Å². The van der Waals surface area contributed by atoms with Crippen molar-refractivity contribution in [2.24, 2.45) is 9.98 Å². The minimum atomic E-state index is -0.279. The van der Waals surface area contributed by atoms with Gasteiger partial charge in [-0.05, 0) is 50.9 Å². The minimum absolute atomic E-state index is 0.107. The summed E-state index contributed by atoms with van der Waals surface area (Å²) in [4.78, 5) is 14.3. The normalized spacial score (nSPS) is 25.8. The maximum Gasteiger partial charge on any atom is 0.163 e. The van der Waals surface area contributed by atoms with E-state index in [4.69, 9.17) is 19.5 Å². The van der Waals surface area contributed by atoms with Gasteiger partial charge in [0.05, 0.1) is 30.9 Å². The third-order valence-electron chi connectivity index (χ3n) is 6.42. The van der Waals surface area contributed by atoms with E-state index in [2.05, 4.69) is 9.80 Å². The predicted molar refractivity (Wildman–Crippen MR) is 116 cm³/mol. The van der Waals surface area contributed by atoms with Crippen molar-refractivity contribution < 1.29 is 14.6 Å². The van der Waals surface area contributed by atoms with Gasteiger partial charge in [-0.2, -0.15) is 0 Å². The molecule has 0 saturated carbocycles. The number of rotatable bonds is 7. The lowest BCUT2D eigenvalue weighted by molar-refractivity contribution is 0.170. The summed E-state index contributed by atoms with van der Waals surface area (Å²) in [5.74, 6) is 1.48. The Morgan fingerprint density at radius 3 is 2.80 bits per heavy atom. The quantitative estimate of drug-likeness (QED) is 0.671. The van der Waals surface area contributed by atoms with E-state index in [1.54, 1.807) is 7.11 Å². The van der Waals surface area contributed by atoms with Crippen LogP contribution in [-0.2, 0) is 0 Å². The second kappa shape index (κ2) is 8.49. The zero-order valence-electron chi connectivity index (χ0n) is 17.6. The van der Waals surface area contributed by atoms with Crippen LogP contribution in [0.4, 0.5) is 0 Å². The summed E-state index contributed by atoms with van der Waals surface area (Å²) in [5.41, 5.74) is 2.04. The number of benzene rings is 1. The zero-order valence-corrected chi connectivity index (χ0v) is 17.6. The first-order valence-electron chi connectivity index (χ1n) is 11.0. The van der Waals surface area contributed by atoms with Crippen molar-refractivity contribution in [2.75, 3.05) is 46.4 Å². The van der Waals surface area contributed by atoms with Crippen LogP contribution in [0.5, 0.6) is 11.5 Å². The first-order chi connectivity index (χ1) is 14.7. The van der Waals surface area contributed by atoms with Gasteiger partial charge in [-0.3, -0.25) is 9.89 Å². The van der Waals surface area contributed by atoms with Crippen molar-refractivity contribution in [2.45, 2.75) is 38.0 Å². The molecule has 0 amide bonds. The van der Waals surface area contributed by atoms with Gasteiger partial charge in [0.15, 0.2) is 11.5 Å². The van der Waals surface area contributed by atoms with E-state index in [1.165, 1.54) is 25.9 Å². The largest absolute Gasteiger partial charge is 0.493 e. The van der Waals surface area contributed by atoms with Crippen LogP contribution in [0.15, 0.2) is 33.9 Å². The standard InChI is InChI=1S/C23H30N4O3/c1-29-20-13-17-19(14-21(20)30-12-4-10-26-8-2-3-9-26)25-18-5-7-24-23(22(17)18)27-11-6-16(28)15-27/h5,7,13-14,16,23,28H,2-4,6,8-12,15H2,1H3/t16-,23?/m1/s1. The van der Waals surface area contributed by atoms with Gasteiger partial charge in [-0.25, -0.2) is 4.99 Å². The number of nitrogens with zero attached hydrogens (tertiary/aromatic N) is 4. The molecule has 7 nitrogen and oxygen atoms in total. The first kappa shape index (κ1) is 19.7. The Kier molecular flexibility index (Phi) is 5.58. The molecule has 1 N–H and O–H groups in total. The Hall–Kier alpha value is -2.22. The maximum absolute atomic E-state index is 9.98. The molecule has 2 saturated heterocycles. The molecule has 4 aliphatic heterocycles. The highest BCUT2D eigenvalue weighted by atomic mass is 16.5. The van der Waals surface area contributed by atoms with E-state index in [-0.39, 0.29) is 12.3 Å². The van der Waals surface area contributed by atoms with Gasteiger partial charge in [-0.15, -0.1) is 0 Å². The van der Waals surface area contributed by atoms with E-state index >= 15 is 0 Å². The van der Waals surface area contributed by atoms with Gasteiger partial charge in [0.25, 0.3) is 0 Å². The molecule has 4 aliphatic rings. The van der Waals surface area contributed by atoms with Crippen molar-refractivity contribution in [1.29, 1.82) is 0 Å². The Balaban J connectivity index is 1.38. The first-order valence-corrected chi connectivity index (χ1v) is 11.0. The van der Waals surface area contributed by atoms with Crippen molar-refractivity contribution in [1.82, 2.24) is 9.80 Å². The molecule has 1 aromatic carbocycles. The van der Waals surface area contributed by atoms with E-state index in [0.717, 1.165) is 59.3 Å². The number of ether oxygens (including phenoxy) is 2. The highest BCUT2D eigenvalue weighted by Crippen LogP contribution is 2.30. The van der Waals surface area contributed by atoms with Crippen LogP contribution in [0, 0.1) is 0 Å². The second-order valence-corrected chi connectivity index (χ2v) is 8.46. The Labute approximate surface area is 177 Å². The van der Waals surface area contributed by atoms with Gasteiger partial charge < -0.3 is 19.5 Å². The monoisotopic (exact) mass is 410 g/mol. The molecule has 0 bridgehead atoms. The summed E-state index contributed by atoms with van der Waals surface area (Å²) in [5, 5.41) is 11.9. The molecule has 2 fully saturated rings. The molecule has 0 radical (unpaired) electrons. The number of dihydropyridines is 1. The maximum atomic E-state index is 9.98. The number of fused-ring (bicyclic) bond motifs is 2. The fourth-order valence-corrected chi connectivity index (χ4v) is 4.87.